The normalized spacial score (nSPS) is 9.33. The first kappa shape index (κ1) is 11.1. The van der Waals surface area contributed by atoms with Crippen LogP contribution in [0.4, 0.5) is 0 Å². The summed E-state index contributed by atoms with van der Waals surface area (Å²) < 4.78 is 0. The molecule has 2 aromatic carbocycles. The Morgan fingerprint density at radius 1 is 0.533 bits per heavy atom. The van der Waals surface area contributed by atoms with Gasteiger partial charge >= 0.3 is 0 Å². The van der Waals surface area contributed by atoms with Gasteiger partial charge in [-0.1, -0.05) is 24.3 Å². The molecule has 0 aliphatic carbocycles. The number of hydrogen-bond acceptors (Lipinski definition) is 3. The molecule has 0 radical (unpaired) electrons. The van der Waals surface area contributed by atoms with Gasteiger partial charge < -0.3 is 16.4 Å². The largest absolute Gasteiger partial charge is 0.508 e. The average molecular weight is 203 g/mol. The van der Waals surface area contributed by atoms with Crippen LogP contribution in [-0.4, -0.2) is 10.2 Å². The predicted molar refractivity (Wildman–Crippen MR) is 60.2 cm³/mol. The summed E-state index contributed by atoms with van der Waals surface area (Å²) in [6.07, 6.45) is 0. The minimum Gasteiger partial charge on any atom is -0.508 e. The van der Waals surface area contributed by atoms with E-state index < -0.39 is 0 Å². The van der Waals surface area contributed by atoms with Crippen molar-refractivity contribution >= 4 is 0 Å². The Kier molecular flexibility index (Phi) is 3.31. The minimum absolute atomic E-state index is 0. The van der Waals surface area contributed by atoms with Gasteiger partial charge in [-0.3, -0.25) is 0 Å². The van der Waals surface area contributed by atoms with Crippen molar-refractivity contribution in [1.82, 2.24) is 6.15 Å². The van der Waals surface area contributed by atoms with E-state index >= 15 is 0 Å². The first-order valence-corrected chi connectivity index (χ1v) is 4.34. The summed E-state index contributed by atoms with van der Waals surface area (Å²) in [5, 5.41) is 18.2. The van der Waals surface area contributed by atoms with Gasteiger partial charge in [0.25, 0.3) is 0 Å². The van der Waals surface area contributed by atoms with Crippen molar-refractivity contribution in [3.05, 3.63) is 48.5 Å². The molecule has 0 heterocycles. The molecule has 2 aromatic rings. The molecule has 2 rings (SSSR count). The Bertz CT molecular complexity index is 377. The maximum absolute atomic E-state index is 9.11. The summed E-state index contributed by atoms with van der Waals surface area (Å²) in [7, 11) is 0. The minimum atomic E-state index is 0. The van der Waals surface area contributed by atoms with E-state index in [0.29, 0.717) is 0 Å². The molecule has 0 fully saturated rings. The Hall–Kier alpha value is -2.00. The van der Waals surface area contributed by atoms with Crippen LogP contribution in [0, 0.1) is 0 Å². The molecule has 0 amide bonds. The maximum Gasteiger partial charge on any atom is 0.115 e. The molecular weight excluding hydrogens is 190 g/mol. The molecule has 0 bridgehead atoms. The van der Waals surface area contributed by atoms with Crippen molar-refractivity contribution in [2.75, 3.05) is 0 Å². The highest BCUT2D eigenvalue weighted by Crippen LogP contribution is 2.23. The highest BCUT2D eigenvalue weighted by molar-refractivity contribution is 5.64. The smallest absolute Gasteiger partial charge is 0.115 e. The van der Waals surface area contributed by atoms with E-state index in [0.717, 1.165) is 11.1 Å². The predicted octanol–water partition coefficient (Wildman–Crippen LogP) is 2.93. The summed E-state index contributed by atoms with van der Waals surface area (Å²) in [4.78, 5) is 0. The molecule has 15 heavy (non-hydrogen) atoms. The van der Waals surface area contributed by atoms with Crippen LogP contribution in [0.15, 0.2) is 48.5 Å². The first-order valence-electron chi connectivity index (χ1n) is 4.34. The molecular formula is C12H13NO2. The van der Waals surface area contributed by atoms with Crippen molar-refractivity contribution in [3.63, 3.8) is 0 Å². The number of benzene rings is 2. The molecule has 3 nitrogen and oxygen atoms in total. The van der Waals surface area contributed by atoms with Crippen LogP contribution < -0.4 is 6.15 Å². The molecule has 0 unspecified atom stereocenters. The highest BCUT2D eigenvalue weighted by Gasteiger charge is 1.96. The third-order valence-electron chi connectivity index (χ3n) is 2.07. The second-order valence-electron chi connectivity index (χ2n) is 3.09. The molecule has 0 aliphatic heterocycles. The number of phenols is 2. The number of rotatable bonds is 1. The van der Waals surface area contributed by atoms with Gasteiger partial charge in [0.2, 0.25) is 0 Å². The lowest BCUT2D eigenvalue weighted by Gasteiger charge is -2.01. The monoisotopic (exact) mass is 203 g/mol. The van der Waals surface area contributed by atoms with Gasteiger partial charge in [-0.15, -0.1) is 0 Å². The van der Waals surface area contributed by atoms with Crippen molar-refractivity contribution in [3.8, 4) is 22.6 Å². The highest BCUT2D eigenvalue weighted by atomic mass is 16.3. The average Bonchev–Trinajstić information content (AvgIpc) is 2.21. The molecule has 5 N–H and O–H groups in total. The van der Waals surface area contributed by atoms with Crippen LogP contribution in [0.25, 0.3) is 11.1 Å². The van der Waals surface area contributed by atoms with E-state index in [4.69, 9.17) is 10.2 Å². The molecule has 0 saturated carbocycles. The van der Waals surface area contributed by atoms with Crippen molar-refractivity contribution < 1.29 is 10.2 Å². The summed E-state index contributed by atoms with van der Waals surface area (Å²) in [5.41, 5.74) is 2.03. The van der Waals surface area contributed by atoms with Crippen LogP contribution in [0.1, 0.15) is 0 Å². The fourth-order valence-corrected chi connectivity index (χ4v) is 1.31. The Labute approximate surface area is 88.2 Å². The van der Waals surface area contributed by atoms with E-state index in [-0.39, 0.29) is 17.6 Å². The topological polar surface area (TPSA) is 75.5 Å². The summed E-state index contributed by atoms with van der Waals surface area (Å²) >= 11 is 0. The quantitative estimate of drug-likeness (QED) is 0.667. The second kappa shape index (κ2) is 4.48. The lowest BCUT2D eigenvalue weighted by Crippen LogP contribution is -1.75. The van der Waals surface area contributed by atoms with E-state index in [1.807, 2.05) is 24.3 Å². The van der Waals surface area contributed by atoms with Gasteiger partial charge in [0.1, 0.15) is 11.5 Å². The molecule has 0 saturated heterocycles. The van der Waals surface area contributed by atoms with E-state index in [9.17, 15) is 0 Å². The zero-order valence-corrected chi connectivity index (χ0v) is 8.22. The molecule has 78 valence electrons. The second-order valence-corrected chi connectivity index (χ2v) is 3.09. The summed E-state index contributed by atoms with van der Waals surface area (Å²) in [6, 6.07) is 13.9. The van der Waals surface area contributed by atoms with E-state index in [1.54, 1.807) is 24.3 Å². The number of phenolic OH excluding ortho intramolecular Hbond substituents is 2. The van der Waals surface area contributed by atoms with Gasteiger partial charge in [-0.25, -0.2) is 0 Å². The van der Waals surface area contributed by atoms with Gasteiger partial charge in [0.15, 0.2) is 0 Å². The molecule has 0 spiro atoms. The van der Waals surface area contributed by atoms with Crippen molar-refractivity contribution in [2.24, 2.45) is 0 Å². The SMILES string of the molecule is N.Oc1ccc(-c2ccc(O)cc2)cc1. The van der Waals surface area contributed by atoms with Gasteiger partial charge in [0, 0.05) is 0 Å². The van der Waals surface area contributed by atoms with Gasteiger partial charge in [-0.2, -0.15) is 0 Å². The van der Waals surface area contributed by atoms with Crippen molar-refractivity contribution in [1.29, 1.82) is 0 Å². The third-order valence-corrected chi connectivity index (χ3v) is 2.07. The third kappa shape index (κ3) is 2.48. The zero-order valence-electron chi connectivity index (χ0n) is 8.22. The number of hydrogen-bond donors (Lipinski definition) is 3. The van der Waals surface area contributed by atoms with Crippen LogP contribution in [0.5, 0.6) is 11.5 Å². The van der Waals surface area contributed by atoms with E-state index in [1.165, 1.54) is 0 Å². The molecule has 0 aliphatic rings. The fourth-order valence-electron chi connectivity index (χ4n) is 1.31. The van der Waals surface area contributed by atoms with Crippen molar-refractivity contribution in [2.45, 2.75) is 0 Å². The number of aromatic hydroxyl groups is 2. The Morgan fingerprint density at radius 2 is 0.800 bits per heavy atom. The molecule has 0 atom stereocenters. The molecule has 0 aromatic heterocycles. The zero-order chi connectivity index (χ0) is 9.97. The van der Waals surface area contributed by atoms with E-state index in [2.05, 4.69) is 0 Å². The first-order chi connectivity index (χ1) is 6.75. The lowest BCUT2D eigenvalue weighted by atomic mass is 10.1. The molecule has 3 heteroatoms. The van der Waals surface area contributed by atoms with Crippen LogP contribution >= 0.6 is 0 Å². The Balaban J connectivity index is 0.00000112. The van der Waals surface area contributed by atoms with Gasteiger partial charge in [-0.05, 0) is 35.4 Å². The summed E-state index contributed by atoms with van der Waals surface area (Å²) in [6.45, 7) is 0. The van der Waals surface area contributed by atoms with Crippen LogP contribution in [0.2, 0.25) is 0 Å². The Morgan fingerprint density at radius 3 is 1.07 bits per heavy atom. The lowest BCUT2D eigenvalue weighted by molar-refractivity contribution is 0.474. The maximum atomic E-state index is 9.11. The van der Waals surface area contributed by atoms with Gasteiger partial charge in [0.05, 0.1) is 0 Å². The summed E-state index contributed by atoms with van der Waals surface area (Å²) in [5.74, 6) is 0.514. The van der Waals surface area contributed by atoms with Crippen LogP contribution in [0.3, 0.4) is 0 Å². The van der Waals surface area contributed by atoms with Crippen LogP contribution in [-0.2, 0) is 0 Å². The fraction of sp³-hybridized carbons (Fsp3) is 0. The standard InChI is InChI=1S/C12H10O2.H3N/c13-11-5-1-9(2-6-11)10-3-7-12(14)8-4-10;/h1-8,13-14H;1H3.